The maximum atomic E-state index is 13.1. The van der Waals surface area contributed by atoms with Gasteiger partial charge in [-0.1, -0.05) is 39.3 Å². The van der Waals surface area contributed by atoms with Crippen LogP contribution in [0.4, 0.5) is 16.2 Å². The summed E-state index contributed by atoms with van der Waals surface area (Å²) in [5, 5.41) is 2.90. The molecule has 6 nitrogen and oxygen atoms in total. The van der Waals surface area contributed by atoms with E-state index in [4.69, 9.17) is 0 Å². The molecule has 0 aliphatic carbocycles. The van der Waals surface area contributed by atoms with E-state index in [-0.39, 0.29) is 30.4 Å². The van der Waals surface area contributed by atoms with Gasteiger partial charge >= 0.3 is 6.03 Å². The summed E-state index contributed by atoms with van der Waals surface area (Å²) in [6, 6.07) is 11.4. The molecule has 1 aromatic heterocycles. The zero-order valence-electron chi connectivity index (χ0n) is 17.7. The van der Waals surface area contributed by atoms with Gasteiger partial charge < -0.3 is 10.2 Å². The van der Waals surface area contributed by atoms with Crippen LogP contribution in [0.1, 0.15) is 38.4 Å². The number of urea groups is 1. The summed E-state index contributed by atoms with van der Waals surface area (Å²) >= 11 is 0. The molecular weight excluding hydrogens is 364 g/mol. The molecule has 6 heteroatoms. The molecule has 0 unspecified atom stereocenters. The second kappa shape index (κ2) is 9.07. The lowest BCUT2D eigenvalue weighted by Crippen LogP contribution is -2.42. The van der Waals surface area contributed by atoms with Crippen molar-refractivity contribution in [3.8, 4) is 0 Å². The maximum Gasteiger partial charge on any atom is 0.325 e. The van der Waals surface area contributed by atoms with Crippen molar-refractivity contribution >= 4 is 23.3 Å². The first-order chi connectivity index (χ1) is 13.9. The van der Waals surface area contributed by atoms with E-state index in [0.29, 0.717) is 6.54 Å². The molecule has 0 spiro atoms. The number of anilines is 2. The summed E-state index contributed by atoms with van der Waals surface area (Å²) in [6.45, 7) is 8.85. The Balaban J connectivity index is 1.73. The number of aryl methyl sites for hydroxylation is 2. The topological polar surface area (TPSA) is 65.5 Å². The lowest BCUT2D eigenvalue weighted by atomic mass is 10.0. The van der Waals surface area contributed by atoms with Gasteiger partial charge in [0.15, 0.2) is 0 Å². The predicted octanol–water partition coefficient (Wildman–Crippen LogP) is 4.25. The number of amides is 3. The van der Waals surface area contributed by atoms with Gasteiger partial charge in [0.25, 0.3) is 0 Å². The molecule has 1 N–H and O–H groups in total. The van der Waals surface area contributed by atoms with Gasteiger partial charge in [-0.2, -0.15) is 0 Å². The van der Waals surface area contributed by atoms with Crippen LogP contribution >= 0.6 is 0 Å². The van der Waals surface area contributed by atoms with E-state index in [2.05, 4.69) is 31.1 Å². The van der Waals surface area contributed by atoms with Crippen LogP contribution in [0.5, 0.6) is 0 Å². The predicted molar refractivity (Wildman–Crippen MR) is 116 cm³/mol. The third-order valence-corrected chi connectivity index (χ3v) is 5.26. The highest BCUT2D eigenvalue weighted by Crippen LogP contribution is 2.27. The van der Waals surface area contributed by atoms with Crippen LogP contribution in [0.15, 0.2) is 42.6 Å². The molecule has 1 aromatic carbocycles. The van der Waals surface area contributed by atoms with E-state index < -0.39 is 0 Å². The summed E-state index contributed by atoms with van der Waals surface area (Å²) < 4.78 is 0. The number of hydrogen-bond acceptors (Lipinski definition) is 3. The molecule has 3 rings (SSSR count). The molecule has 1 saturated heterocycles. The third-order valence-electron chi connectivity index (χ3n) is 5.26. The fourth-order valence-electron chi connectivity index (χ4n) is 3.69. The zero-order chi connectivity index (χ0) is 21.0. The minimum Gasteiger partial charge on any atom is -0.325 e. The van der Waals surface area contributed by atoms with Gasteiger partial charge in [0.2, 0.25) is 5.91 Å². The van der Waals surface area contributed by atoms with Gasteiger partial charge in [-0.3, -0.25) is 14.7 Å². The highest BCUT2D eigenvalue weighted by Gasteiger charge is 2.40. The SMILES string of the molecule is CCCc1ccc(N2C[C@H](C(C)C)N(CC(=O)Nc3cccc(C)c3)C2=O)cn1. The monoisotopic (exact) mass is 394 g/mol. The molecule has 1 aliphatic rings. The Hall–Kier alpha value is -2.89. The number of pyridine rings is 1. The van der Waals surface area contributed by atoms with Crippen LogP contribution in [0.2, 0.25) is 0 Å². The lowest BCUT2D eigenvalue weighted by molar-refractivity contribution is -0.117. The van der Waals surface area contributed by atoms with Crippen molar-refractivity contribution in [3.05, 3.63) is 53.9 Å². The Morgan fingerprint density at radius 3 is 2.69 bits per heavy atom. The molecule has 29 heavy (non-hydrogen) atoms. The first kappa shape index (κ1) is 20.8. The number of hydrogen-bond donors (Lipinski definition) is 1. The number of carbonyl (C=O) groups excluding carboxylic acids is 2. The Morgan fingerprint density at radius 2 is 2.07 bits per heavy atom. The first-order valence-corrected chi connectivity index (χ1v) is 10.3. The molecule has 0 radical (unpaired) electrons. The Bertz CT molecular complexity index is 863. The van der Waals surface area contributed by atoms with Crippen molar-refractivity contribution < 1.29 is 9.59 Å². The standard InChI is InChI=1S/C23H30N4O2/c1-5-7-18-10-11-20(13-24-18)26-14-21(16(2)3)27(23(26)29)15-22(28)25-19-9-6-8-17(4)12-19/h6,8-13,16,21H,5,7,14-15H2,1-4H3,(H,25,28)/t21-/m1/s1. The van der Waals surface area contributed by atoms with Crippen molar-refractivity contribution in [2.24, 2.45) is 5.92 Å². The molecule has 1 atom stereocenters. The van der Waals surface area contributed by atoms with E-state index in [1.54, 1.807) is 16.0 Å². The molecule has 0 bridgehead atoms. The summed E-state index contributed by atoms with van der Waals surface area (Å²) in [5.41, 5.74) is 3.63. The van der Waals surface area contributed by atoms with E-state index in [1.165, 1.54) is 0 Å². The number of nitrogens with one attached hydrogen (secondary N) is 1. The highest BCUT2D eigenvalue weighted by atomic mass is 16.2. The minimum atomic E-state index is -0.187. The van der Waals surface area contributed by atoms with Crippen LogP contribution < -0.4 is 10.2 Å². The fourth-order valence-corrected chi connectivity index (χ4v) is 3.69. The minimum absolute atomic E-state index is 0.0268. The van der Waals surface area contributed by atoms with Gasteiger partial charge in [0.1, 0.15) is 6.54 Å². The van der Waals surface area contributed by atoms with E-state index >= 15 is 0 Å². The van der Waals surface area contributed by atoms with Crippen LogP contribution in [0.3, 0.4) is 0 Å². The van der Waals surface area contributed by atoms with Gasteiger partial charge in [-0.15, -0.1) is 0 Å². The average Bonchev–Trinajstić information content (AvgIpc) is 2.99. The van der Waals surface area contributed by atoms with Crippen molar-refractivity contribution in [3.63, 3.8) is 0 Å². The molecule has 3 amide bonds. The summed E-state index contributed by atoms with van der Waals surface area (Å²) in [4.78, 5) is 33.6. The molecule has 2 aromatic rings. The molecular formula is C23H30N4O2. The van der Waals surface area contributed by atoms with Gasteiger partial charge in [-0.25, -0.2) is 4.79 Å². The second-order valence-corrected chi connectivity index (χ2v) is 8.01. The number of rotatable bonds is 7. The summed E-state index contributed by atoms with van der Waals surface area (Å²) in [5.74, 6) is 0.0518. The van der Waals surface area contributed by atoms with Gasteiger partial charge in [0, 0.05) is 17.9 Å². The zero-order valence-corrected chi connectivity index (χ0v) is 17.7. The lowest BCUT2D eigenvalue weighted by Gasteiger charge is -2.25. The third kappa shape index (κ3) is 4.94. The fraction of sp³-hybridized carbons (Fsp3) is 0.435. The highest BCUT2D eigenvalue weighted by molar-refractivity contribution is 5.99. The molecule has 0 saturated carbocycles. The van der Waals surface area contributed by atoms with Gasteiger partial charge in [-0.05, 0) is 49.1 Å². The molecule has 1 aliphatic heterocycles. The van der Waals surface area contributed by atoms with Crippen molar-refractivity contribution in [2.45, 2.75) is 46.6 Å². The van der Waals surface area contributed by atoms with Crippen molar-refractivity contribution in [1.82, 2.24) is 9.88 Å². The Labute approximate surface area is 172 Å². The quantitative estimate of drug-likeness (QED) is 0.764. The summed E-state index contributed by atoms with van der Waals surface area (Å²) in [7, 11) is 0. The number of aromatic nitrogens is 1. The van der Waals surface area contributed by atoms with Crippen molar-refractivity contribution in [2.75, 3.05) is 23.3 Å². The normalized spacial score (nSPS) is 16.6. The molecule has 1 fully saturated rings. The number of carbonyl (C=O) groups is 2. The molecule has 2 heterocycles. The molecule has 154 valence electrons. The van der Waals surface area contributed by atoms with Crippen molar-refractivity contribution in [1.29, 1.82) is 0 Å². The Kier molecular flexibility index (Phi) is 6.52. The Morgan fingerprint density at radius 1 is 1.28 bits per heavy atom. The van der Waals surface area contributed by atoms with Crippen LogP contribution in [0.25, 0.3) is 0 Å². The van der Waals surface area contributed by atoms with Crippen LogP contribution in [0, 0.1) is 12.8 Å². The largest absolute Gasteiger partial charge is 0.325 e. The van der Waals surface area contributed by atoms with Crippen LogP contribution in [-0.2, 0) is 11.2 Å². The van der Waals surface area contributed by atoms with E-state index in [0.717, 1.165) is 35.5 Å². The van der Waals surface area contributed by atoms with E-state index in [1.807, 2.05) is 43.3 Å². The smallest absolute Gasteiger partial charge is 0.325 e. The maximum absolute atomic E-state index is 13.1. The first-order valence-electron chi connectivity index (χ1n) is 10.3. The average molecular weight is 395 g/mol. The van der Waals surface area contributed by atoms with Gasteiger partial charge in [0.05, 0.1) is 17.9 Å². The second-order valence-electron chi connectivity index (χ2n) is 8.01. The van der Waals surface area contributed by atoms with Crippen LogP contribution in [-0.4, -0.2) is 41.0 Å². The number of nitrogens with zero attached hydrogens (tertiary/aromatic N) is 3. The summed E-state index contributed by atoms with van der Waals surface area (Å²) in [6.07, 6.45) is 3.72. The number of benzene rings is 1. The van der Waals surface area contributed by atoms with E-state index in [9.17, 15) is 9.59 Å².